The largest absolute Gasteiger partial charge is 0.200 e. The van der Waals surface area contributed by atoms with Gasteiger partial charge in [-0.2, -0.15) is 0 Å². The third-order valence-electron chi connectivity index (χ3n) is 0.406. The van der Waals surface area contributed by atoms with Gasteiger partial charge in [0, 0.05) is 6.20 Å². The molecule has 0 fully saturated rings. The van der Waals surface area contributed by atoms with Crippen LogP contribution in [0.1, 0.15) is 0 Å². The molecule has 0 radical (unpaired) electrons. The molecule has 32 valence electrons. The molecule has 0 saturated carbocycles. The first kappa shape index (κ1) is 4.27. The summed E-state index contributed by atoms with van der Waals surface area (Å²) in [5, 5.41) is 0. The number of aromatic nitrogens is 1. The highest BCUT2D eigenvalue weighted by molar-refractivity contribution is 9.11. The molecule has 0 aliphatic heterocycles. The van der Waals surface area contributed by atoms with Crippen LogP contribution in [0.3, 0.4) is 0 Å². The standard InChI is InChI=1S/C3H2BrNS/c4-3-1-2-5-6-3/h1-2H. The van der Waals surface area contributed by atoms with Gasteiger partial charge in [0.1, 0.15) is 0 Å². The number of hydrogen-bond donors (Lipinski definition) is 0. The van der Waals surface area contributed by atoms with Crippen molar-refractivity contribution in [2.24, 2.45) is 0 Å². The smallest absolute Gasteiger partial charge is 0.0905 e. The second-order valence-corrected chi connectivity index (χ2v) is 3.03. The lowest BCUT2D eigenvalue weighted by molar-refractivity contribution is 1.58. The van der Waals surface area contributed by atoms with E-state index in [1.807, 2.05) is 6.07 Å². The molecule has 1 heterocycles. The quantitative estimate of drug-likeness (QED) is 0.570. The van der Waals surface area contributed by atoms with Crippen molar-refractivity contribution in [3.8, 4) is 0 Å². The van der Waals surface area contributed by atoms with Gasteiger partial charge >= 0.3 is 0 Å². The SMILES string of the molecule is Brc1ccns1. The zero-order valence-corrected chi connectivity index (χ0v) is 5.29. The van der Waals surface area contributed by atoms with E-state index in [1.165, 1.54) is 11.5 Å². The highest BCUT2D eigenvalue weighted by Crippen LogP contribution is 2.11. The maximum Gasteiger partial charge on any atom is 0.0905 e. The minimum Gasteiger partial charge on any atom is -0.200 e. The van der Waals surface area contributed by atoms with Crippen LogP contribution in [0.4, 0.5) is 0 Å². The van der Waals surface area contributed by atoms with Crippen LogP contribution in [0.15, 0.2) is 16.0 Å². The normalized spacial score (nSPS) is 8.83. The average molecular weight is 164 g/mol. The van der Waals surface area contributed by atoms with E-state index in [1.54, 1.807) is 6.20 Å². The summed E-state index contributed by atoms with van der Waals surface area (Å²) in [6.45, 7) is 0. The van der Waals surface area contributed by atoms with Crippen molar-refractivity contribution in [2.75, 3.05) is 0 Å². The third kappa shape index (κ3) is 0.786. The highest BCUT2D eigenvalue weighted by Gasteiger charge is 1.79. The summed E-state index contributed by atoms with van der Waals surface area (Å²) < 4.78 is 4.90. The molecule has 1 nitrogen and oxygen atoms in total. The number of nitrogens with zero attached hydrogens (tertiary/aromatic N) is 1. The van der Waals surface area contributed by atoms with Gasteiger partial charge in [0.25, 0.3) is 0 Å². The van der Waals surface area contributed by atoms with Gasteiger partial charge in [0.05, 0.1) is 3.79 Å². The molecule has 6 heavy (non-hydrogen) atoms. The monoisotopic (exact) mass is 163 g/mol. The minimum absolute atomic E-state index is 1.09. The molecule has 0 atom stereocenters. The Labute approximate surface area is 48.3 Å². The van der Waals surface area contributed by atoms with E-state index in [4.69, 9.17) is 0 Å². The lowest BCUT2D eigenvalue weighted by atomic mass is 10.8. The lowest BCUT2D eigenvalue weighted by Crippen LogP contribution is -1.32. The lowest BCUT2D eigenvalue weighted by Gasteiger charge is -1.59. The molecule has 0 N–H and O–H groups in total. The van der Waals surface area contributed by atoms with Gasteiger partial charge in [-0.1, -0.05) is 0 Å². The first-order chi connectivity index (χ1) is 2.89. The molecular formula is C3H2BrNS. The molecule has 1 aromatic heterocycles. The van der Waals surface area contributed by atoms with Crippen LogP contribution in [-0.4, -0.2) is 4.37 Å². The maximum atomic E-state index is 3.82. The fraction of sp³-hybridized carbons (Fsp3) is 0. The van der Waals surface area contributed by atoms with Crippen LogP contribution in [0.25, 0.3) is 0 Å². The number of rotatable bonds is 0. The zero-order chi connectivity index (χ0) is 4.41. The Kier molecular flexibility index (Phi) is 1.22. The van der Waals surface area contributed by atoms with E-state index in [0.29, 0.717) is 0 Å². The second kappa shape index (κ2) is 1.71. The van der Waals surface area contributed by atoms with Crippen LogP contribution in [-0.2, 0) is 0 Å². The van der Waals surface area contributed by atoms with Crippen molar-refractivity contribution in [1.29, 1.82) is 0 Å². The first-order valence-electron chi connectivity index (χ1n) is 1.46. The predicted molar refractivity (Wildman–Crippen MR) is 29.8 cm³/mol. The Morgan fingerprint density at radius 2 is 2.67 bits per heavy atom. The minimum atomic E-state index is 1.09. The van der Waals surface area contributed by atoms with Crippen molar-refractivity contribution >= 4 is 27.5 Å². The topological polar surface area (TPSA) is 12.9 Å². The average Bonchev–Trinajstić information content (AvgIpc) is 1.86. The van der Waals surface area contributed by atoms with E-state index in [0.717, 1.165) is 3.79 Å². The molecule has 3 heteroatoms. The van der Waals surface area contributed by atoms with Gasteiger partial charge in [0.15, 0.2) is 0 Å². The molecule has 0 unspecified atom stereocenters. The molecule has 0 aliphatic carbocycles. The van der Waals surface area contributed by atoms with Gasteiger partial charge in [-0.15, -0.1) is 0 Å². The summed E-state index contributed by atoms with van der Waals surface area (Å²) in [6.07, 6.45) is 1.76. The van der Waals surface area contributed by atoms with Crippen LogP contribution >= 0.6 is 27.5 Å². The molecule has 1 aromatic rings. The van der Waals surface area contributed by atoms with Crippen molar-refractivity contribution in [3.05, 3.63) is 16.0 Å². The molecule has 1 rings (SSSR count). The second-order valence-electron chi connectivity index (χ2n) is 0.817. The molecule has 0 aromatic carbocycles. The third-order valence-corrected chi connectivity index (χ3v) is 1.64. The maximum absolute atomic E-state index is 3.82. The Morgan fingerprint density at radius 1 is 1.83 bits per heavy atom. The van der Waals surface area contributed by atoms with Gasteiger partial charge in [-0.3, -0.25) is 0 Å². The van der Waals surface area contributed by atoms with Crippen LogP contribution in [0, 0.1) is 0 Å². The van der Waals surface area contributed by atoms with Crippen molar-refractivity contribution < 1.29 is 0 Å². The Bertz CT molecular complexity index is 114. The number of halogens is 1. The Balaban J connectivity index is 3.05. The fourth-order valence-corrected chi connectivity index (χ4v) is 0.913. The van der Waals surface area contributed by atoms with Crippen molar-refractivity contribution in [1.82, 2.24) is 4.37 Å². The summed E-state index contributed by atoms with van der Waals surface area (Å²) >= 11 is 4.68. The van der Waals surface area contributed by atoms with Crippen LogP contribution in [0.5, 0.6) is 0 Å². The van der Waals surface area contributed by atoms with Gasteiger partial charge < -0.3 is 0 Å². The van der Waals surface area contributed by atoms with Crippen molar-refractivity contribution in [2.45, 2.75) is 0 Å². The fourth-order valence-electron chi connectivity index (χ4n) is 0.200. The van der Waals surface area contributed by atoms with Gasteiger partial charge in [0.2, 0.25) is 0 Å². The van der Waals surface area contributed by atoms with E-state index >= 15 is 0 Å². The first-order valence-corrected chi connectivity index (χ1v) is 3.02. The summed E-state index contributed by atoms with van der Waals surface area (Å²) in [5.41, 5.74) is 0. The Hall–Kier alpha value is 0.110. The summed E-state index contributed by atoms with van der Waals surface area (Å²) in [7, 11) is 0. The molecule has 0 bridgehead atoms. The summed E-state index contributed by atoms with van der Waals surface area (Å²) in [4.78, 5) is 0. The van der Waals surface area contributed by atoms with E-state index in [9.17, 15) is 0 Å². The van der Waals surface area contributed by atoms with Gasteiger partial charge in [-0.25, -0.2) is 4.37 Å². The van der Waals surface area contributed by atoms with Crippen LogP contribution in [0.2, 0.25) is 0 Å². The predicted octanol–water partition coefficient (Wildman–Crippen LogP) is 1.91. The Morgan fingerprint density at radius 3 is 2.83 bits per heavy atom. The van der Waals surface area contributed by atoms with E-state index in [-0.39, 0.29) is 0 Å². The van der Waals surface area contributed by atoms with E-state index < -0.39 is 0 Å². The molecule has 0 aliphatic rings. The molecule has 0 amide bonds. The highest BCUT2D eigenvalue weighted by atomic mass is 79.9. The molecule has 0 spiro atoms. The van der Waals surface area contributed by atoms with Crippen LogP contribution < -0.4 is 0 Å². The molecule has 0 saturated heterocycles. The van der Waals surface area contributed by atoms with Gasteiger partial charge in [-0.05, 0) is 33.5 Å². The van der Waals surface area contributed by atoms with E-state index in [2.05, 4.69) is 20.3 Å². The van der Waals surface area contributed by atoms with Crippen molar-refractivity contribution in [3.63, 3.8) is 0 Å². The number of hydrogen-bond acceptors (Lipinski definition) is 2. The summed E-state index contributed by atoms with van der Waals surface area (Å²) in [6, 6.07) is 1.91. The molecular weight excluding hydrogens is 162 g/mol. The summed E-state index contributed by atoms with van der Waals surface area (Å²) in [5.74, 6) is 0. The zero-order valence-electron chi connectivity index (χ0n) is 2.89.